The zero-order valence-electron chi connectivity index (χ0n) is 18.0. The van der Waals surface area contributed by atoms with Crippen LogP contribution in [0.4, 0.5) is 5.69 Å². The lowest BCUT2D eigenvalue weighted by atomic mass is 10.1. The molecule has 31 heavy (non-hydrogen) atoms. The number of amides is 1. The Balaban J connectivity index is 2.14. The highest BCUT2D eigenvalue weighted by Crippen LogP contribution is 2.31. The van der Waals surface area contributed by atoms with Gasteiger partial charge in [0.2, 0.25) is 0 Å². The summed E-state index contributed by atoms with van der Waals surface area (Å²) < 4.78 is 11.7. The van der Waals surface area contributed by atoms with Crippen LogP contribution in [0.15, 0.2) is 52.2 Å². The van der Waals surface area contributed by atoms with E-state index in [1.54, 1.807) is 57.7 Å². The molecule has 2 aromatic carbocycles. The first kappa shape index (κ1) is 22.7. The number of rotatable bonds is 8. The van der Waals surface area contributed by atoms with E-state index in [1.165, 1.54) is 21.2 Å². The van der Waals surface area contributed by atoms with Crippen molar-refractivity contribution in [2.45, 2.75) is 11.3 Å². The minimum atomic E-state index is -0.559. The third-order valence-electron chi connectivity index (χ3n) is 5.15. The van der Waals surface area contributed by atoms with E-state index in [2.05, 4.69) is 0 Å². The number of aromatic nitrogens is 1. The Bertz CT molecular complexity index is 1140. The van der Waals surface area contributed by atoms with Crippen LogP contribution in [0.25, 0.3) is 10.9 Å². The Morgan fingerprint density at radius 2 is 1.87 bits per heavy atom. The molecule has 8 heteroatoms. The lowest BCUT2D eigenvalue weighted by Crippen LogP contribution is -2.37. The van der Waals surface area contributed by atoms with Crippen molar-refractivity contribution in [2.24, 2.45) is 7.05 Å². The zero-order chi connectivity index (χ0) is 22.5. The number of nitrogens with zero attached hydrogens (tertiary/aromatic N) is 2. The van der Waals surface area contributed by atoms with Gasteiger partial charge in [0.25, 0.3) is 11.5 Å². The number of thioether (sulfide) groups is 1. The van der Waals surface area contributed by atoms with Gasteiger partial charge in [-0.25, -0.2) is 0 Å². The van der Waals surface area contributed by atoms with Gasteiger partial charge in [-0.2, -0.15) is 0 Å². The molecule has 0 atom stereocenters. The Labute approximate surface area is 185 Å². The van der Waals surface area contributed by atoms with Crippen LogP contribution in [0.1, 0.15) is 16.8 Å². The zero-order valence-corrected chi connectivity index (χ0v) is 18.9. The van der Waals surface area contributed by atoms with Crippen LogP contribution in [0.5, 0.6) is 11.5 Å². The monoisotopic (exact) mass is 442 g/mol. The lowest BCUT2D eigenvalue weighted by Gasteiger charge is -2.24. The van der Waals surface area contributed by atoms with Gasteiger partial charge in [0.15, 0.2) is 0 Å². The minimum Gasteiger partial charge on any atom is -0.506 e. The Morgan fingerprint density at radius 3 is 2.48 bits per heavy atom. The summed E-state index contributed by atoms with van der Waals surface area (Å²) in [7, 11) is 4.76. The summed E-state index contributed by atoms with van der Waals surface area (Å²) >= 11 is 1.52. The topological polar surface area (TPSA) is 81.0 Å². The summed E-state index contributed by atoms with van der Waals surface area (Å²) in [5.41, 5.74) is 0.368. The molecule has 1 heterocycles. The predicted octanol–water partition coefficient (Wildman–Crippen LogP) is 3.66. The summed E-state index contributed by atoms with van der Waals surface area (Å²) in [6, 6.07) is 12.4. The molecular formula is C23H26N2O5S. The molecule has 0 fully saturated rings. The molecule has 1 N–H and O–H groups in total. The quantitative estimate of drug-likeness (QED) is 0.424. The molecule has 0 saturated carbocycles. The number of carbonyl (C=O) groups is 1. The molecule has 3 aromatic rings. The van der Waals surface area contributed by atoms with Gasteiger partial charge in [0.05, 0.1) is 12.6 Å². The molecule has 0 aliphatic carbocycles. The number of aryl methyl sites for hydroxylation is 1. The molecule has 0 saturated heterocycles. The molecule has 0 radical (unpaired) electrons. The number of fused-ring (bicyclic) bond motifs is 1. The van der Waals surface area contributed by atoms with E-state index < -0.39 is 11.5 Å². The SMILES string of the molecule is COCCCN(C(=O)c1c(O)c2cc(SC)ccc2n(C)c1=O)c1ccc(OC)cc1. The van der Waals surface area contributed by atoms with Crippen molar-refractivity contribution in [3.8, 4) is 11.5 Å². The molecule has 164 valence electrons. The van der Waals surface area contributed by atoms with Crippen LogP contribution in [-0.4, -0.2) is 49.2 Å². The molecule has 0 unspecified atom stereocenters. The standard InChI is InChI=1S/C23H26N2O5S/c1-24-19-11-10-17(31-4)14-18(19)21(26)20(22(24)27)23(28)25(12-5-13-29-2)15-6-8-16(30-3)9-7-15/h6-11,14,26H,5,12-13H2,1-4H3. The largest absolute Gasteiger partial charge is 0.506 e. The van der Waals surface area contributed by atoms with Crippen molar-refractivity contribution in [3.05, 3.63) is 58.4 Å². The van der Waals surface area contributed by atoms with E-state index in [1.807, 2.05) is 12.3 Å². The number of methoxy groups -OCH3 is 2. The second-order valence-corrected chi connectivity index (χ2v) is 7.85. The maximum absolute atomic E-state index is 13.6. The van der Waals surface area contributed by atoms with Crippen molar-refractivity contribution in [1.82, 2.24) is 4.57 Å². The van der Waals surface area contributed by atoms with Crippen LogP contribution in [0.2, 0.25) is 0 Å². The molecule has 7 nitrogen and oxygen atoms in total. The number of hydrogen-bond donors (Lipinski definition) is 1. The van der Waals surface area contributed by atoms with Crippen LogP contribution < -0.4 is 15.2 Å². The van der Waals surface area contributed by atoms with E-state index >= 15 is 0 Å². The molecule has 0 aliphatic heterocycles. The Hall–Kier alpha value is -2.97. The number of anilines is 1. The maximum Gasteiger partial charge on any atom is 0.267 e. The van der Waals surface area contributed by atoms with Crippen molar-refractivity contribution < 1.29 is 19.4 Å². The average molecular weight is 443 g/mol. The van der Waals surface area contributed by atoms with Crippen molar-refractivity contribution >= 4 is 34.3 Å². The van der Waals surface area contributed by atoms with Crippen LogP contribution in [-0.2, 0) is 11.8 Å². The fraction of sp³-hybridized carbons (Fsp3) is 0.304. The lowest BCUT2D eigenvalue weighted by molar-refractivity contribution is 0.0979. The van der Waals surface area contributed by atoms with Crippen molar-refractivity contribution in [3.63, 3.8) is 0 Å². The second-order valence-electron chi connectivity index (χ2n) is 6.97. The number of benzene rings is 2. The average Bonchev–Trinajstić information content (AvgIpc) is 2.80. The third-order valence-corrected chi connectivity index (χ3v) is 5.87. The first-order valence-corrected chi connectivity index (χ1v) is 11.0. The van der Waals surface area contributed by atoms with E-state index in [0.717, 1.165) is 4.90 Å². The number of hydrogen-bond acceptors (Lipinski definition) is 6. The summed E-state index contributed by atoms with van der Waals surface area (Å²) in [6.07, 6.45) is 2.49. The molecule has 0 aliphatic rings. The van der Waals surface area contributed by atoms with E-state index in [4.69, 9.17) is 9.47 Å². The Kier molecular flexibility index (Phi) is 7.25. The highest BCUT2D eigenvalue weighted by atomic mass is 32.2. The van der Waals surface area contributed by atoms with E-state index in [9.17, 15) is 14.7 Å². The summed E-state index contributed by atoms with van der Waals surface area (Å²) in [6.45, 7) is 0.781. The maximum atomic E-state index is 13.6. The van der Waals surface area contributed by atoms with Crippen molar-refractivity contribution in [1.29, 1.82) is 0 Å². The molecule has 0 spiro atoms. The molecule has 0 bridgehead atoms. The van der Waals surface area contributed by atoms with Crippen molar-refractivity contribution in [2.75, 3.05) is 38.5 Å². The summed E-state index contributed by atoms with van der Waals surface area (Å²) in [5, 5.41) is 11.4. The smallest absolute Gasteiger partial charge is 0.267 e. The summed E-state index contributed by atoms with van der Waals surface area (Å²) in [5.74, 6) is -0.206. The summed E-state index contributed by atoms with van der Waals surface area (Å²) in [4.78, 5) is 29.0. The molecule has 3 rings (SSSR count). The number of ether oxygens (including phenoxy) is 2. The first-order valence-electron chi connectivity index (χ1n) is 9.77. The predicted molar refractivity (Wildman–Crippen MR) is 124 cm³/mol. The highest BCUT2D eigenvalue weighted by Gasteiger charge is 2.27. The van der Waals surface area contributed by atoms with Gasteiger partial charge in [0, 0.05) is 43.3 Å². The second kappa shape index (κ2) is 9.89. The number of carbonyl (C=O) groups excluding carboxylic acids is 1. The van der Waals surface area contributed by atoms with Crippen LogP contribution in [0.3, 0.4) is 0 Å². The van der Waals surface area contributed by atoms with Gasteiger partial charge >= 0.3 is 0 Å². The van der Waals surface area contributed by atoms with Crippen LogP contribution >= 0.6 is 11.8 Å². The van der Waals surface area contributed by atoms with Gasteiger partial charge in [-0.15, -0.1) is 11.8 Å². The third kappa shape index (κ3) is 4.55. The van der Waals surface area contributed by atoms with E-state index in [-0.39, 0.29) is 11.3 Å². The fourth-order valence-electron chi connectivity index (χ4n) is 3.44. The van der Waals surface area contributed by atoms with Gasteiger partial charge in [0.1, 0.15) is 17.1 Å². The van der Waals surface area contributed by atoms with Gasteiger partial charge < -0.3 is 24.0 Å². The van der Waals surface area contributed by atoms with Gasteiger partial charge in [-0.1, -0.05) is 0 Å². The first-order chi connectivity index (χ1) is 14.9. The van der Waals surface area contributed by atoms with Crippen LogP contribution in [0, 0.1) is 0 Å². The Morgan fingerprint density at radius 1 is 1.16 bits per heavy atom. The number of pyridine rings is 1. The highest BCUT2D eigenvalue weighted by molar-refractivity contribution is 7.98. The van der Waals surface area contributed by atoms with Gasteiger partial charge in [-0.05, 0) is 55.1 Å². The molecule has 1 aromatic heterocycles. The van der Waals surface area contributed by atoms with E-state index in [0.29, 0.717) is 41.9 Å². The minimum absolute atomic E-state index is 0.249. The van der Waals surface area contributed by atoms with Gasteiger partial charge in [-0.3, -0.25) is 9.59 Å². The number of aromatic hydroxyl groups is 1. The molecule has 1 amide bonds. The fourth-order valence-corrected chi connectivity index (χ4v) is 3.88. The normalized spacial score (nSPS) is 11.0. The molecular weight excluding hydrogens is 416 g/mol.